The third-order valence-electron chi connectivity index (χ3n) is 2.43. The number of hydrogen-bond donors (Lipinski definition) is 1. The molecule has 5 heteroatoms. The van der Waals surface area contributed by atoms with Crippen molar-refractivity contribution in [1.29, 1.82) is 0 Å². The molecule has 0 aliphatic carbocycles. The molecule has 1 atom stereocenters. The van der Waals surface area contributed by atoms with Gasteiger partial charge in [-0.25, -0.2) is 0 Å². The van der Waals surface area contributed by atoms with E-state index in [1.807, 2.05) is 13.0 Å². The molecular weight excluding hydrogens is 224 g/mol. The minimum absolute atomic E-state index is 0.0452. The molecule has 0 spiro atoms. The van der Waals surface area contributed by atoms with E-state index in [0.717, 1.165) is 5.56 Å². The smallest absolute Gasteiger partial charge is 0.232 e. The van der Waals surface area contributed by atoms with Gasteiger partial charge in [0.15, 0.2) is 0 Å². The number of hydrogen-bond acceptors (Lipinski definition) is 3. The highest BCUT2D eigenvalue weighted by atomic mass is 32.1. The van der Waals surface area contributed by atoms with Gasteiger partial charge in [0.05, 0.1) is 23.4 Å². The van der Waals surface area contributed by atoms with Crippen molar-refractivity contribution >= 4 is 23.1 Å². The summed E-state index contributed by atoms with van der Waals surface area (Å²) >= 11 is 4.87. The Morgan fingerprint density at radius 2 is 2.38 bits per heavy atom. The van der Waals surface area contributed by atoms with Gasteiger partial charge in [0.2, 0.25) is 5.91 Å². The fourth-order valence-electron chi connectivity index (χ4n) is 1.50. The summed E-state index contributed by atoms with van der Waals surface area (Å²) in [7, 11) is 1.73. The molecule has 0 saturated heterocycles. The van der Waals surface area contributed by atoms with Crippen LogP contribution in [0.2, 0.25) is 0 Å². The summed E-state index contributed by atoms with van der Waals surface area (Å²) < 4.78 is 4.94. The van der Waals surface area contributed by atoms with Crippen molar-refractivity contribution in [2.24, 2.45) is 11.7 Å². The second-order valence-electron chi connectivity index (χ2n) is 3.69. The van der Waals surface area contributed by atoms with E-state index in [1.165, 1.54) is 0 Å². The van der Waals surface area contributed by atoms with Crippen molar-refractivity contribution in [1.82, 2.24) is 4.90 Å². The predicted octanol–water partition coefficient (Wildman–Crippen LogP) is 1.55. The van der Waals surface area contributed by atoms with E-state index in [2.05, 4.69) is 0 Å². The van der Waals surface area contributed by atoms with Crippen LogP contribution in [0, 0.1) is 5.92 Å². The molecule has 0 saturated carbocycles. The van der Waals surface area contributed by atoms with Crippen molar-refractivity contribution < 1.29 is 9.21 Å². The van der Waals surface area contributed by atoms with Crippen LogP contribution in [-0.4, -0.2) is 22.8 Å². The highest BCUT2D eigenvalue weighted by Gasteiger charge is 2.22. The van der Waals surface area contributed by atoms with E-state index in [9.17, 15) is 4.79 Å². The molecule has 1 unspecified atom stereocenters. The van der Waals surface area contributed by atoms with Crippen molar-refractivity contribution in [3.05, 3.63) is 24.2 Å². The lowest BCUT2D eigenvalue weighted by atomic mass is 10.1. The minimum atomic E-state index is -0.369. The Labute approximate surface area is 100 Å². The van der Waals surface area contributed by atoms with Gasteiger partial charge < -0.3 is 15.1 Å². The van der Waals surface area contributed by atoms with Crippen LogP contribution >= 0.6 is 12.2 Å². The first kappa shape index (κ1) is 12.7. The van der Waals surface area contributed by atoms with E-state index in [-0.39, 0.29) is 16.8 Å². The zero-order valence-corrected chi connectivity index (χ0v) is 10.3. The van der Waals surface area contributed by atoms with Gasteiger partial charge in [-0.15, -0.1) is 0 Å². The third kappa shape index (κ3) is 3.06. The van der Waals surface area contributed by atoms with E-state index < -0.39 is 0 Å². The van der Waals surface area contributed by atoms with E-state index in [1.54, 1.807) is 24.5 Å². The monoisotopic (exact) mass is 240 g/mol. The van der Waals surface area contributed by atoms with Gasteiger partial charge in [-0.2, -0.15) is 0 Å². The Bertz CT molecular complexity index is 362. The maximum absolute atomic E-state index is 12.0. The van der Waals surface area contributed by atoms with Gasteiger partial charge in [0, 0.05) is 19.2 Å². The normalized spacial score (nSPS) is 12.1. The Balaban J connectivity index is 2.62. The number of amides is 1. The Kier molecular flexibility index (Phi) is 4.49. The van der Waals surface area contributed by atoms with Crippen molar-refractivity contribution in [3.63, 3.8) is 0 Å². The molecule has 1 aromatic heterocycles. The molecule has 1 amide bonds. The SMILES string of the molecule is CCC(C(=O)N(C)Cc1ccoc1)C(N)=S. The minimum Gasteiger partial charge on any atom is -0.472 e. The Morgan fingerprint density at radius 3 is 2.81 bits per heavy atom. The molecule has 0 aliphatic rings. The summed E-state index contributed by atoms with van der Waals surface area (Å²) in [6, 6.07) is 1.82. The lowest BCUT2D eigenvalue weighted by Gasteiger charge is -2.21. The Morgan fingerprint density at radius 1 is 1.69 bits per heavy atom. The highest BCUT2D eigenvalue weighted by molar-refractivity contribution is 7.80. The molecule has 16 heavy (non-hydrogen) atoms. The van der Waals surface area contributed by atoms with Crippen molar-refractivity contribution in [2.75, 3.05) is 7.05 Å². The van der Waals surface area contributed by atoms with Crippen LogP contribution in [0.15, 0.2) is 23.0 Å². The Hall–Kier alpha value is -1.36. The average Bonchev–Trinajstić information content (AvgIpc) is 2.70. The fourth-order valence-corrected chi connectivity index (χ4v) is 1.77. The number of carbonyl (C=O) groups excluding carboxylic acids is 1. The molecular formula is C11H16N2O2S. The quantitative estimate of drug-likeness (QED) is 0.793. The molecule has 4 nitrogen and oxygen atoms in total. The standard InChI is InChI=1S/C11H16N2O2S/c1-3-9(10(12)16)11(14)13(2)6-8-4-5-15-7-8/h4-5,7,9H,3,6H2,1-2H3,(H2,12,16). The highest BCUT2D eigenvalue weighted by Crippen LogP contribution is 2.11. The summed E-state index contributed by atoms with van der Waals surface area (Å²) in [5, 5.41) is 0. The molecule has 0 radical (unpaired) electrons. The van der Waals surface area contributed by atoms with Crippen LogP contribution in [0.25, 0.3) is 0 Å². The second kappa shape index (κ2) is 5.65. The average molecular weight is 240 g/mol. The molecule has 0 fully saturated rings. The molecule has 1 aromatic rings. The number of nitrogens with two attached hydrogens (primary N) is 1. The maximum atomic E-state index is 12.0. The van der Waals surface area contributed by atoms with Crippen molar-refractivity contribution in [2.45, 2.75) is 19.9 Å². The number of rotatable bonds is 5. The number of nitrogens with zero attached hydrogens (tertiary/aromatic N) is 1. The van der Waals surface area contributed by atoms with Crippen LogP contribution < -0.4 is 5.73 Å². The van der Waals surface area contributed by atoms with Gasteiger partial charge in [-0.3, -0.25) is 4.79 Å². The lowest BCUT2D eigenvalue weighted by Crippen LogP contribution is -2.38. The largest absolute Gasteiger partial charge is 0.472 e. The molecule has 2 N–H and O–H groups in total. The first-order valence-corrected chi connectivity index (χ1v) is 5.52. The first-order chi connectivity index (χ1) is 7.56. The van der Waals surface area contributed by atoms with Crippen molar-refractivity contribution in [3.8, 4) is 0 Å². The van der Waals surface area contributed by atoms with Gasteiger partial charge in [-0.05, 0) is 12.5 Å². The third-order valence-corrected chi connectivity index (χ3v) is 2.71. The first-order valence-electron chi connectivity index (χ1n) is 5.11. The zero-order valence-electron chi connectivity index (χ0n) is 9.47. The fraction of sp³-hybridized carbons (Fsp3) is 0.455. The second-order valence-corrected chi connectivity index (χ2v) is 4.16. The van der Waals surface area contributed by atoms with E-state index in [4.69, 9.17) is 22.4 Å². The maximum Gasteiger partial charge on any atom is 0.232 e. The number of thiocarbonyl (C=S) groups is 1. The van der Waals surface area contributed by atoms with Crippen LogP contribution in [0.3, 0.4) is 0 Å². The van der Waals surface area contributed by atoms with Gasteiger partial charge >= 0.3 is 0 Å². The van der Waals surface area contributed by atoms with E-state index >= 15 is 0 Å². The molecule has 0 bridgehead atoms. The zero-order chi connectivity index (χ0) is 12.1. The summed E-state index contributed by atoms with van der Waals surface area (Å²) in [5.74, 6) is -0.414. The van der Waals surface area contributed by atoms with Crippen LogP contribution in [0.4, 0.5) is 0 Å². The van der Waals surface area contributed by atoms with Gasteiger partial charge in [0.1, 0.15) is 0 Å². The molecule has 0 aromatic carbocycles. The van der Waals surface area contributed by atoms with E-state index in [0.29, 0.717) is 13.0 Å². The lowest BCUT2D eigenvalue weighted by molar-refractivity contribution is -0.132. The predicted molar refractivity (Wildman–Crippen MR) is 65.7 cm³/mol. The number of carbonyl (C=O) groups is 1. The molecule has 88 valence electrons. The molecule has 1 heterocycles. The van der Waals surface area contributed by atoms with Crippen LogP contribution in [-0.2, 0) is 11.3 Å². The number of furan rings is 1. The van der Waals surface area contributed by atoms with Crippen LogP contribution in [0.1, 0.15) is 18.9 Å². The molecule has 0 aliphatic heterocycles. The van der Waals surface area contributed by atoms with Gasteiger partial charge in [0.25, 0.3) is 0 Å². The van der Waals surface area contributed by atoms with Crippen LogP contribution in [0.5, 0.6) is 0 Å². The summed E-state index contributed by atoms with van der Waals surface area (Å²) in [6.07, 6.45) is 3.83. The topological polar surface area (TPSA) is 59.5 Å². The summed E-state index contributed by atoms with van der Waals surface area (Å²) in [4.78, 5) is 13.8. The van der Waals surface area contributed by atoms with Gasteiger partial charge in [-0.1, -0.05) is 19.1 Å². The summed E-state index contributed by atoms with van der Waals surface area (Å²) in [5.41, 5.74) is 6.48. The summed E-state index contributed by atoms with van der Waals surface area (Å²) in [6.45, 7) is 2.40. The molecule has 1 rings (SSSR count).